The third-order valence-electron chi connectivity index (χ3n) is 5.07. The maximum Gasteiger partial charge on any atom is 0.238 e. The second-order valence-corrected chi connectivity index (χ2v) is 9.54. The Kier molecular flexibility index (Phi) is 6.77. The molecular formula is C25H26N4O5S. The number of nitrogens with zero attached hydrogens (tertiary/aromatic N) is 2. The molecule has 0 saturated carbocycles. The van der Waals surface area contributed by atoms with Gasteiger partial charge in [-0.1, -0.05) is 12.1 Å². The van der Waals surface area contributed by atoms with Crippen LogP contribution >= 0.6 is 0 Å². The number of hydrogen-bond donors (Lipinski definition) is 2. The van der Waals surface area contributed by atoms with Gasteiger partial charge in [-0.15, -0.1) is 0 Å². The van der Waals surface area contributed by atoms with Crippen LogP contribution in [0.5, 0.6) is 17.2 Å². The maximum absolute atomic E-state index is 12.5. The average Bonchev–Trinajstić information content (AvgIpc) is 2.82. The summed E-state index contributed by atoms with van der Waals surface area (Å²) in [5, 5.41) is 8.81. The number of nitrogens with one attached hydrogen (secondary N) is 1. The number of nitrogens with two attached hydrogens (primary N) is 1. The first-order valence-electron chi connectivity index (χ1n) is 10.8. The molecule has 1 aromatic heterocycles. The molecule has 35 heavy (non-hydrogen) atoms. The number of primary sulfonamides is 1. The van der Waals surface area contributed by atoms with E-state index in [2.05, 4.69) is 5.32 Å². The van der Waals surface area contributed by atoms with E-state index in [9.17, 15) is 8.42 Å². The Bertz CT molecular complexity index is 1470. The van der Waals surface area contributed by atoms with Gasteiger partial charge >= 0.3 is 0 Å². The van der Waals surface area contributed by atoms with Crippen molar-refractivity contribution in [2.45, 2.75) is 24.8 Å². The monoisotopic (exact) mass is 494 g/mol. The van der Waals surface area contributed by atoms with Gasteiger partial charge in [0.05, 0.1) is 36.3 Å². The minimum Gasteiger partial charge on any atom is -0.497 e. The third kappa shape index (κ3) is 5.44. The minimum atomic E-state index is -4.08. The maximum atomic E-state index is 12.5. The van der Waals surface area contributed by atoms with E-state index in [1.54, 1.807) is 50.6 Å². The Hall–Kier alpha value is -3.89. The van der Waals surface area contributed by atoms with Crippen molar-refractivity contribution < 1.29 is 22.6 Å². The number of sulfonamides is 1. The molecule has 0 radical (unpaired) electrons. The van der Waals surface area contributed by atoms with E-state index in [4.69, 9.17) is 29.3 Å². The number of hydrogen-bond acceptors (Lipinski definition) is 8. The van der Waals surface area contributed by atoms with E-state index in [0.29, 0.717) is 45.5 Å². The van der Waals surface area contributed by atoms with Crippen molar-refractivity contribution in [1.29, 1.82) is 0 Å². The normalized spacial score (nSPS) is 11.5. The molecule has 4 aromatic rings. The molecule has 3 aromatic carbocycles. The highest BCUT2D eigenvalue weighted by Gasteiger charge is 2.22. The summed E-state index contributed by atoms with van der Waals surface area (Å²) in [7, 11) is -0.974. The lowest BCUT2D eigenvalue weighted by Crippen LogP contribution is -2.15. The lowest BCUT2D eigenvalue weighted by Gasteiger charge is -2.17. The van der Waals surface area contributed by atoms with Gasteiger partial charge in [-0.25, -0.2) is 23.5 Å². The molecule has 3 N–H and O–H groups in total. The van der Waals surface area contributed by atoms with E-state index in [-0.39, 0.29) is 16.6 Å². The molecule has 1 heterocycles. The first-order chi connectivity index (χ1) is 16.7. The SMILES string of the molecule is COc1cc(Nc2nc3ccccc3nc2-c2cc(OC(C)C)ccc2S(N)(=O)=O)cc(OC)c1. The fourth-order valence-electron chi connectivity index (χ4n) is 3.58. The largest absolute Gasteiger partial charge is 0.497 e. The summed E-state index contributed by atoms with van der Waals surface area (Å²) in [5.41, 5.74) is 2.39. The van der Waals surface area contributed by atoms with Crippen LogP contribution < -0.4 is 24.7 Å². The van der Waals surface area contributed by atoms with E-state index in [1.807, 2.05) is 32.0 Å². The van der Waals surface area contributed by atoms with Crippen molar-refractivity contribution in [1.82, 2.24) is 9.97 Å². The summed E-state index contributed by atoms with van der Waals surface area (Å²) in [6, 6.07) is 17.2. The lowest BCUT2D eigenvalue weighted by molar-refractivity contribution is 0.242. The van der Waals surface area contributed by atoms with Gasteiger partial charge in [0.25, 0.3) is 0 Å². The molecule has 0 bridgehead atoms. The first-order valence-corrected chi connectivity index (χ1v) is 12.3. The molecule has 0 unspecified atom stereocenters. The van der Waals surface area contributed by atoms with Crippen LogP contribution in [0.15, 0.2) is 65.6 Å². The fraction of sp³-hybridized carbons (Fsp3) is 0.200. The van der Waals surface area contributed by atoms with Crippen LogP contribution in [0, 0.1) is 0 Å². The van der Waals surface area contributed by atoms with Crippen LogP contribution in [-0.2, 0) is 10.0 Å². The predicted octanol–water partition coefficient (Wildman–Crippen LogP) is 4.49. The van der Waals surface area contributed by atoms with Gasteiger partial charge in [0, 0.05) is 29.4 Å². The van der Waals surface area contributed by atoms with E-state index in [1.165, 1.54) is 6.07 Å². The number of benzene rings is 3. The highest BCUT2D eigenvalue weighted by molar-refractivity contribution is 7.89. The molecule has 182 valence electrons. The Morgan fingerprint density at radius 1 is 0.857 bits per heavy atom. The van der Waals surface area contributed by atoms with Gasteiger partial charge in [-0.05, 0) is 44.2 Å². The van der Waals surface area contributed by atoms with E-state index < -0.39 is 10.0 Å². The van der Waals surface area contributed by atoms with Crippen LogP contribution in [0.4, 0.5) is 11.5 Å². The molecular weight excluding hydrogens is 468 g/mol. The van der Waals surface area contributed by atoms with Crippen molar-refractivity contribution >= 4 is 32.6 Å². The highest BCUT2D eigenvalue weighted by Crippen LogP contribution is 2.37. The molecule has 0 fully saturated rings. The van der Waals surface area contributed by atoms with Gasteiger partial charge in [0.15, 0.2) is 5.82 Å². The number of aromatic nitrogens is 2. The van der Waals surface area contributed by atoms with Crippen LogP contribution in [0.2, 0.25) is 0 Å². The van der Waals surface area contributed by atoms with Crippen molar-refractivity contribution in [3.8, 4) is 28.5 Å². The van der Waals surface area contributed by atoms with Crippen molar-refractivity contribution in [2.75, 3.05) is 19.5 Å². The zero-order valence-corrected chi connectivity index (χ0v) is 20.6. The molecule has 0 spiro atoms. The van der Waals surface area contributed by atoms with E-state index >= 15 is 0 Å². The van der Waals surface area contributed by atoms with Gasteiger partial charge in [-0.2, -0.15) is 0 Å². The van der Waals surface area contributed by atoms with Gasteiger partial charge in [-0.3, -0.25) is 0 Å². The molecule has 0 amide bonds. The molecule has 0 aliphatic rings. The van der Waals surface area contributed by atoms with Crippen molar-refractivity contribution in [2.24, 2.45) is 5.14 Å². The van der Waals surface area contributed by atoms with Crippen LogP contribution in [0.25, 0.3) is 22.3 Å². The number of fused-ring (bicyclic) bond motifs is 1. The summed E-state index contributed by atoms with van der Waals surface area (Å²) >= 11 is 0. The standard InChI is InChI=1S/C25H26N4O5S/c1-15(2)34-17-9-10-23(35(26,30)31)20(14-17)24-25(29-22-8-6-5-7-21(22)28-24)27-16-11-18(32-3)13-19(12-16)33-4/h5-15H,1-4H3,(H,27,29)(H2,26,30,31). The molecule has 4 rings (SSSR count). The predicted molar refractivity (Wildman–Crippen MR) is 135 cm³/mol. The average molecular weight is 495 g/mol. The number of rotatable bonds is 8. The van der Waals surface area contributed by atoms with Crippen molar-refractivity contribution in [3.63, 3.8) is 0 Å². The first kappa shape index (κ1) is 24.2. The summed E-state index contributed by atoms with van der Waals surface area (Å²) in [5.74, 6) is 1.94. The minimum absolute atomic E-state index is 0.0931. The Balaban J connectivity index is 1.97. The van der Waals surface area contributed by atoms with Gasteiger partial charge in [0.1, 0.15) is 22.9 Å². The second kappa shape index (κ2) is 9.77. The van der Waals surface area contributed by atoms with Crippen molar-refractivity contribution in [3.05, 3.63) is 60.7 Å². The number of methoxy groups -OCH3 is 2. The number of anilines is 2. The zero-order chi connectivity index (χ0) is 25.2. The quantitative estimate of drug-likeness (QED) is 0.367. The zero-order valence-electron chi connectivity index (χ0n) is 19.8. The summed E-state index contributed by atoms with van der Waals surface area (Å²) in [6.45, 7) is 3.76. The summed E-state index contributed by atoms with van der Waals surface area (Å²) in [4.78, 5) is 9.40. The van der Waals surface area contributed by atoms with Gasteiger partial charge in [0.2, 0.25) is 10.0 Å². The Morgan fingerprint density at radius 2 is 1.49 bits per heavy atom. The molecule has 0 atom stereocenters. The topological polar surface area (TPSA) is 126 Å². The molecule has 0 aliphatic carbocycles. The number of para-hydroxylation sites is 2. The number of ether oxygens (including phenoxy) is 3. The lowest BCUT2D eigenvalue weighted by atomic mass is 10.1. The van der Waals surface area contributed by atoms with Crippen LogP contribution in [-0.4, -0.2) is 38.7 Å². The van der Waals surface area contributed by atoms with E-state index in [0.717, 1.165) is 0 Å². The molecule has 10 heteroatoms. The molecule has 0 aliphatic heterocycles. The molecule has 0 saturated heterocycles. The molecule has 9 nitrogen and oxygen atoms in total. The Labute approximate surface area is 203 Å². The van der Waals surface area contributed by atoms with Crippen LogP contribution in [0.3, 0.4) is 0 Å². The fourth-order valence-corrected chi connectivity index (χ4v) is 4.30. The summed E-state index contributed by atoms with van der Waals surface area (Å²) in [6.07, 6.45) is -0.118. The third-order valence-corrected chi connectivity index (χ3v) is 6.04. The highest BCUT2D eigenvalue weighted by atomic mass is 32.2. The summed E-state index contributed by atoms with van der Waals surface area (Å²) < 4.78 is 41.5. The Morgan fingerprint density at radius 3 is 2.06 bits per heavy atom. The second-order valence-electron chi connectivity index (χ2n) is 8.01. The smallest absolute Gasteiger partial charge is 0.238 e. The van der Waals surface area contributed by atoms with Gasteiger partial charge < -0.3 is 19.5 Å². The van der Waals surface area contributed by atoms with Crippen LogP contribution in [0.1, 0.15) is 13.8 Å².